The van der Waals surface area contributed by atoms with Gasteiger partial charge in [-0.05, 0) is 25.8 Å². The third-order valence-electron chi connectivity index (χ3n) is 3.88. The third kappa shape index (κ3) is 4.64. The Morgan fingerprint density at radius 2 is 2.09 bits per heavy atom. The Morgan fingerprint density at radius 1 is 1.36 bits per heavy atom. The highest BCUT2D eigenvalue weighted by atomic mass is 16.5. The van der Waals surface area contributed by atoms with Gasteiger partial charge in [-0.3, -0.25) is 5.32 Å². The van der Waals surface area contributed by atoms with E-state index in [9.17, 15) is 5.11 Å². The van der Waals surface area contributed by atoms with Gasteiger partial charge in [0.1, 0.15) is 11.5 Å². The van der Waals surface area contributed by atoms with Crippen LogP contribution in [0.1, 0.15) is 31.7 Å². The zero-order valence-corrected chi connectivity index (χ0v) is 13.6. The molecule has 0 heterocycles. The SMILES string of the molecule is C=C(CC1(O)CC1)NC(C)NCc1ccc(OC)cc1OC. The topological polar surface area (TPSA) is 62.8 Å². The van der Waals surface area contributed by atoms with Gasteiger partial charge in [-0.2, -0.15) is 0 Å². The first-order valence-corrected chi connectivity index (χ1v) is 7.57. The maximum absolute atomic E-state index is 9.89. The maximum atomic E-state index is 9.89. The van der Waals surface area contributed by atoms with Crippen LogP contribution in [-0.2, 0) is 6.54 Å². The van der Waals surface area contributed by atoms with E-state index in [0.717, 1.165) is 35.6 Å². The van der Waals surface area contributed by atoms with E-state index in [1.165, 1.54) is 0 Å². The minimum atomic E-state index is -0.511. The normalized spacial score (nSPS) is 16.7. The van der Waals surface area contributed by atoms with Gasteiger partial charge in [-0.15, -0.1) is 0 Å². The largest absolute Gasteiger partial charge is 0.497 e. The summed E-state index contributed by atoms with van der Waals surface area (Å²) in [5.41, 5.74) is 1.41. The summed E-state index contributed by atoms with van der Waals surface area (Å²) in [7, 11) is 3.29. The van der Waals surface area contributed by atoms with E-state index in [1.807, 2.05) is 25.1 Å². The predicted octanol–water partition coefficient (Wildman–Crippen LogP) is 2.16. The van der Waals surface area contributed by atoms with Crippen LogP contribution in [0.4, 0.5) is 0 Å². The molecule has 3 N–H and O–H groups in total. The zero-order valence-electron chi connectivity index (χ0n) is 13.6. The second kappa shape index (κ2) is 7.03. The Morgan fingerprint density at radius 3 is 2.68 bits per heavy atom. The molecular weight excluding hydrogens is 280 g/mol. The fourth-order valence-corrected chi connectivity index (χ4v) is 2.39. The molecule has 22 heavy (non-hydrogen) atoms. The lowest BCUT2D eigenvalue weighted by molar-refractivity contribution is 0.148. The molecule has 0 amide bonds. The van der Waals surface area contributed by atoms with E-state index < -0.39 is 5.60 Å². The summed E-state index contributed by atoms with van der Waals surface area (Å²) in [5.74, 6) is 1.57. The van der Waals surface area contributed by atoms with E-state index in [-0.39, 0.29) is 6.17 Å². The molecule has 0 bridgehead atoms. The molecule has 0 aliphatic heterocycles. The van der Waals surface area contributed by atoms with Gasteiger partial charge in [0.15, 0.2) is 0 Å². The number of aliphatic hydroxyl groups is 1. The molecule has 122 valence electrons. The Hall–Kier alpha value is -1.72. The number of rotatable bonds is 9. The van der Waals surface area contributed by atoms with Crippen LogP contribution in [-0.4, -0.2) is 31.1 Å². The second-order valence-corrected chi connectivity index (χ2v) is 5.93. The number of hydrogen-bond acceptors (Lipinski definition) is 5. The minimum Gasteiger partial charge on any atom is -0.497 e. The van der Waals surface area contributed by atoms with Gasteiger partial charge in [0, 0.05) is 30.3 Å². The molecule has 1 unspecified atom stereocenters. The lowest BCUT2D eigenvalue weighted by Gasteiger charge is -2.21. The van der Waals surface area contributed by atoms with Gasteiger partial charge in [-0.25, -0.2) is 0 Å². The van der Waals surface area contributed by atoms with E-state index in [1.54, 1.807) is 14.2 Å². The first-order chi connectivity index (χ1) is 10.5. The van der Waals surface area contributed by atoms with Crippen LogP contribution in [0.2, 0.25) is 0 Å². The monoisotopic (exact) mass is 306 g/mol. The summed E-state index contributed by atoms with van der Waals surface area (Å²) in [6, 6.07) is 5.77. The average molecular weight is 306 g/mol. The van der Waals surface area contributed by atoms with Crippen molar-refractivity contribution in [2.24, 2.45) is 0 Å². The fraction of sp³-hybridized carbons (Fsp3) is 0.529. The highest BCUT2D eigenvalue weighted by Gasteiger charge is 2.40. The molecule has 0 spiro atoms. The summed E-state index contributed by atoms with van der Waals surface area (Å²) in [5, 5.41) is 16.5. The van der Waals surface area contributed by atoms with Gasteiger partial charge in [-0.1, -0.05) is 12.6 Å². The highest BCUT2D eigenvalue weighted by molar-refractivity contribution is 5.40. The van der Waals surface area contributed by atoms with Crippen molar-refractivity contribution in [3.63, 3.8) is 0 Å². The minimum absolute atomic E-state index is 0.0571. The molecule has 1 saturated carbocycles. The summed E-state index contributed by atoms with van der Waals surface area (Å²) < 4.78 is 10.6. The molecule has 1 aliphatic carbocycles. The van der Waals surface area contributed by atoms with Crippen LogP contribution in [0, 0.1) is 0 Å². The highest BCUT2D eigenvalue weighted by Crippen LogP contribution is 2.39. The van der Waals surface area contributed by atoms with Crippen molar-refractivity contribution in [1.29, 1.82) is 0 Å². The lowest BCUT2D eigenvalue weighted by Crippen LogP contribution is -2.39. The molecule has 2 rings (SSSR count). The number of methoxy groups -OCH3 is 2. The van der Waals surface area contributed by atoms with E-state index >= 15 is 0 Å². The van der Waals surface area contributed by atoms with Gasteiger partial charge in [0.05, 0.1) is 26.0 Å². The lowest BCUT2D eigenvalue weighted by atomic mass is 10.1. The molecule has 1 fully saturated rings. The van der Waals surface area contributed by atoms with Crippen LogP contribution in [0.5, 0.6) is 11.5 Å². The predicted molar refractivity (Wildman–Crippen MR) is 86.9 cm³/mol. The second-order valence-electron chi connectivity index (χ2n) is 5.93. The maximum Gasteiger partial charge on any atom is 0.127 e. The number of ether oxygens (including phenoxy) is 2. The number of hydrogen-bond donors (Lipinski definition) is 3. The van der Waals surface area contributed by atoms with Crippen molar-refractivity contribution in [1.82, 2.24) is 10.6 Å². The van der Waals surface area contributed by atoms with Crippen molar-refractivity contribution in [3.8, 4) is 11.5 Å². The Kier molecular flexibility index (Phi) is 5.32. The van der Waals surface area contributed by atoms with Crippen LogP contribution >= 0.6 is 0 Å². The summed E-state index contributed by atoms with van der Waals surface area (Å²) in [6.45, 7) is 6.67. The molecule has 0 saturated heterocycles. The van der Waals surface area contributed by atoms with E-state index in [4.69, 9.17) is 9.47 Å². The molecule has 0 aromatic heterocycles. The van der Waals surface area contributed by atoms with Gasteiger partial charge < -0.3 is 19.9 Å². The summed E-state index contributed by atoms with van der Waals surface area (Å²) in [6.07, 6.45) is 2.42. The molecule has 1 aromatic carbocycles. The van der Waals surface area contributed by atoms with Crippen molar-refractivity contribution in [3.05, 3.63) is 36.0 Å². The van der Waals surface area contributed by atoms with Crippen LogP contribution in [0.15, 0.2) is 30.5 Å². The van der Waals surface area contributed by atoms with Gasteiger partial charge >= 0.3 is 0 Å². The average Bonchev–Trinajstić information content (AvgIpc) is 3.21. The van der Waals surface area contributed by atoms with Gasteiger partial charge in [0.2, 0.25) is 0 Å². The molecule has 1 aromatic rings. The van der Waals surface area contributed by atoms with Crippen LogP contribution in [0.3, 0.4) is 0 Å². The zero-order chi connectivity index (χ0) is 16.2. The van der Waals surface area contributed by atoms with Crippen molar-refractivity contribution >= 4 is 0 Å². The van der Waals surface area contributed by atoms with Crippen molar-refractivity contribution in [2.75, 3.05) is 14.2 Å². The number of benzene rings is 1. The molecular formula is C17H26N2O3. The van der Waals surface area contributed by atoms with Crippen molar-refractivity contribution in [2.45, 2.75) is 44.5 Å². The quantitative estimate of drug-likeness (QED) is 0.610. The molecule has 1 atom stereocenters. The first-order valence-electron chi connectivity index (χ1n) is 7.57. The molecule has 5 nitrogen and oxygen atoms in total. The fourth-order valence-electron chi connectivity index (χ4n) is 2.39. The van der Waals surface area contributed by atoms with E-state index in [2.05, 4.69) is 17.2 Å². The van der Waals surface area contributed by atoms with E-state index in [0.29, 0.717) is 13.0 Å². The summed E-state index contributed by atoms with van der Waals surface area (Å²) >= 11 is 0. The number of nitrogens with one attached hydrogen (secondary N) is 2. The van der Waals surface area contributed by atoms with Crippen molar-refractivity contribution < 1.29 is 14.6 Å². The molecule has 0 radical (unpaired) electrons. The first kappa shape index (κ1) is 16.6. The standard InChI is InChI=1S/C17H26N2O3/c1-12(10-17(20)7-8-17)19-13(2)18-11-14-5-6-15(21-3)9-16(14)22-4/h5-6,9,13,18-20H,1,7-8,10-11H2,2-4H3. The smallest absolute Gasteiger partial charge is 0.127 e. The van der Waals surface area contributed by atoms with Crippen LogP contribution in [0.25, 0.3) is 0 Å². The third-order valence-corrected chi connectivity index (χ3v) is 3.88. The Labute approximate surface area is 132 Å². The molecule has 1 aliphatic rings. The Balaban J connectivity index is 1.82. The Bertz CT molecular complexity index is 527. The summed E-state index contributed by atoms with van der Waals surface area (Å²) in [4.78, 5) is 0. The van der Waals surface area contributed by atoms with Gasteiger partial charge in [0.25, 0.3) is 0 Å². The molecule has 5 heteroatoms. The van der Waals surface area contributed by atoms with Crippen LogP contribution < -0.4 is 20.1 Å².